The van der Waals surface area contributed by atoms with Gasteiger partial charge < -0.3 is 14.2 Å². The van der Waals surface area contributed by atoms with Gasteiger partial charge in [-0.05, 0) is 12.8 Å². The van der Waals surface area contributed by atoms with Crippen LogP contribution in [-0.2, 0) is 19.0 Å². The summed E-state index contributed by atoms with van der Waals surface area (Å²) in [7, 11) is 0. The third-order valence-corrected chi connectivity index (χ3v) is 3.63. The zero-order chi connectivity index (χ0) is 13.1. The van der Waals surface area contributed by atoms with E-state index in [0.717, 1.165) is 32.1 Å². The second-order valence-corrected chi connectivity index (χ2v) is 4.94. The molecule has 7 nitrogen and oxygen atoms in total. The van der Waals surface area contributed by atoms with Gasteiger partial charge in [-0.15, -0.1) is 0 Å². The van der Waals surface area contributed by atoms with Crippen LogP contribution in [0.1, 0.15) is 32.1 Å². The monoisotopic (exact) mass is 259 g/mol. The van der Waals surface area contributed by atoms with E-state index in [1.807, 2.05) is 0 Å². The van der Waals surface area contributed by atoms with Gasteiger partial charge in [0.15, 0.2) is 12.4 Å². The Bertz CT molecular complexity index is 315. The number of rotatable bonds is 4. The lowest BCUT2D eigenvalue weighted by Crippen LogP contribution is -2.60. The van der Waals surface area contributed by atoms with Crippen molar-refractivity contribution in [3.63, 3.8) is 0 Å². The van der Waals surface area contributed by atoms with Crippen LogP contribution < -0.4 is 0 Å². The summed E-state index contributed by atoms with van der Waals surface area (Å²) in [5, 5.41) is 11.1. The zero-order valence-electron chi connectivity index (χ0n) is 10.1. The first kappa shape index (κ1) is 13.2. The molecule has 7 heteroatoms. The predicted molar refractivity (Wildman–Crippen MR) is 59.5 cm³/mol. The molecule has 0 N–H and O–H groups in total. The number of hydrogen-bond acceptors (Lipinski definition) is 6. The molecule has 2 fully saturated rings. The first-order chi connectivity index (χ1) is 8.63. The molecule has 1 heterocycles. The fourth-order valence-electron chi connectivity index (χ4n) is 2.42. The maximum absolute atomic E-state index is 11.1. The van der Waals surface area contributed by atoms with Crippen LogP contribution in [0.5, 0.6) is 0 Å². The highest BCUT2D eigenvalue weighted by molar-refractivity contribution is 5.37. The smallest absolute Gasteiger partial charge is 0.301 e. The normalized spacial score (nSPS) is 25.6. The van der Waals surface area contributed by atoms with Gasteiger partial charge in [0.05, 0.1) is 0 Å². The van der Waals surface area contributed by atoms with Crippen molar-refractivity contribution in [1.82, 2.24) is 0 Å². The Labute approximate surface area is 105 Å². The molecule has 0 aromatic carbocycles. The van der Waals surface area contributed by atoms with Gasteiger partial charge >= 0.3 is 5.54 Å². The van der Waals surface area contributed by atoms with E-state index in [9.17, 15) is 14.9 Å². The Morgan fingerprint density at radius 1 is 1.22 bits per heavy atom. The lowest BCUT2D eigenvalue weighted by atomic mass is 9.92. The van der Waals surface area contributed by atoms with Crippen molar-refractivity contribution in [3.05, 3.63) is 10.1 Å². The van der Waals surface area contributed by atoms with Crippen LogP contribution in [0.15, 0.2) is 0 Å². The Morgan fingerprint density at radius 3 is 2.33 bits per heavy atom. The summed E-state index contributed by atoms with van der Waals surface area (Å²) < 4.78 is 15.8. The Balaban J connectivity index is 2.00. The number of carbonyl (C=O) groups excluding carboxylic acids is 1. The number of nitrogens with zero attached hydrogens (tertiary/aromatic N) is 1. The highest BCUT2D eigenvalue weighted by Crippen LogP contribution is 2.37. The van der Waals surface area contributed by atoms with E-state index in [2.05, 4.69) is 4.74 Å². The van der Waals surface area contributed by atoms with Gasteiger partial charge in [-0.25, -0.2) is 0 Å². The second-order valence-electron chi connectivity index (χ2n) is 4.94. The number of nitro groups is 1. The fourth-order valence-corrected chi connectivity index (χ4v) is 2.42. The van der Waals surface area contributed by atoms with Crippen molar-refractivity contribution in [2.24, 2.45) is 0 Å². The van der Waals surface area contributed by atoms with E-state index >= 15 is 0 Å². The van der Waals surface area contributed by atoms with E-state index in [4.69, 9.17) is 9.47 Å². The van der Waals surface area contributed by atoms with Crippen molar-refractivity contribution >= 4 is 6.47 Å². The van der Waals surface area contributed by atoms with Gasteiger partial charge in [-0.2, -0.15) is 0 Å². The summed E-state index contributed by atoms with van der Waals surface area (Å²) in [6.45, 7) is -0.266. The number of carbonyl (C=O) groups is 1. The molecule has 0 amide bonds. The van der Waals surface area contributed by atoms with Crippen LogP contribution in [-0.4, -0.2) is 42.5 Å². The minimum atomic E-state index is -1.47. The first-order valence-electron chi connectivity index (χ1n) is 6.10. The van der Waals surface area contributed by atoms with Crippen LogP contribution >= 0.6 is 0 Å². The standard InChI is InChI=1S/C11H17NO6/c13-9-16-6-10(12(14)15)7-17-11(18-8-10)4-2-1-3-5-11/h9H,1-8H2. The summed E-state index contributed by atoms with van der Waals surface area (Å²) in [5.74, 6) is -0.654. The molecule has 0 atom stereocenters. The Morgan fingerprint density at radius 2 is 1.83 bits per heavy atom. The molecular weight excluding hydrogens is 242 g/mol. The lowest BCUT2D eigenvalue weighted by Gasteiger charge is -2.43. The molecule has 0 unspecified atom stereocenters. The zero-order valence-corrected chi connectivity index (χ0v) is 10.1. The second kappa shape index (κ2) is 5.19. The van der Waals surface area contributed by atoms with Crippen molar-refractivity contribution in [1.29, 1.82) is 0 Å². The SMILES string of the molecule is O=COCC1([N+](=O)[O-])COC2(CCCCC2)OC1. The highest BCUT2D eigenvalue weighted by Gasteiger charge is 2.53. The molecule has 1 saturated carbocycles. The first-order valence-corrected chi connectivity index (χ1v) is 6.10. The van der Waals surface area contributed by atoms with E-state index in [0.29, 0.717) is 0 Å². The summed E-state index contributed by atoms with van der Waals surface area (Å²) in [6, 6.07) is 0. The van der Waals surface area contributed by atoms with Crippen molar-refractivity contribution in [2.45, 2.75) is 43.4 Å². The van der Waals surface area contributed by atoms with Gasteiger partial charge in [0.25, 0.3) is 6.47 Å². The Kier molecular flexibility index (Phi) is 3.82. The van der Waals surface area contributed by atoms with Gasteiger partial charge in [0.2, 0.25) is 0 Å². The number of hydrogen-bond donors (Lipinski definition) is 0. The lowest BCUT2D eigenvalue weighted by molar-refractivity contribution is -0.600. The van der Waals surface area contributed by atoms with Crippen molar-refractivity contribution in [3.8, 4) is 0 Å². The average molecular weight is 259 g/mol. The summed E-state index contributed by atoms with van der Waals surface area (Å²) in [6.07, 6.45) is 4.71. The minimum absolute atomic E-state index is 0.0756. The van der Waals surface area contributed by atoms with E-state index in [1.165, 1.54) is 0 Å². The quantitative estimate of drug-likeness (QED) is 0.423. The van der Waals surface area contributed by atoms with Crippen LogP contribution in [0.4, 0.5) is 0 Å². The van der Waals surface area contributed by atoms with Gasteiger partial charge in [-0.1, -0.05) is 6.42 Å². The number of ether oxygens (including phenoxy) is 3. The van der Waals surface area contributed by atoms with Gasteiger partial charge in [0, 0.05) is 17.8 Å². The molecular formula is C11H17NO6. The Hall–Kier alpha value is -1.21. The molecule has 1 aliphatic carbocycles. The third-order valence-electron chi connectivity index (χ3n) is 3.63. The topological polar surface area (TPSA) is 87.9 Å². The predicted octanol–water partition coefficient (Wildman–Crippen LogP) is 0.882. The van der Waals surface area contributed by atoms with E-state index in [1.54, 1.807) is 0 Å². The fraction of sp³-hybridized carbons (Fsp3) is 0.909. The third kappa shape index (κ3) is 2.46. The maximum Gasteiger partial charge on any atom is 0.301 e. The van der Waals surface area contributed by atoms with E-state index in [-0.39, 0.29) is 26.3 Å². The molecule has 0 aromatic rings. The van der Waals surface area contributed by atoms with Crippen molar-refractivity contribution in [2.75, 3.05) is 19.8 Å². The molecule has 18 heavy (non-hydrogen) atoms. The highest BCUT2D eigenvalue weighted by atomic mass is 16.7. The molecule has 102 valence electrons. The van der Waals surface area contributed by atoms with E-state index < -0.39 is 16.2 Å². The minimum Gasteiger partial charge on any atom is -0.460 e. The molecule has 1 spiro atoms. The molecule has 0 radical (unpaired) electrons. The molecule has 0 bridgehead atoms. The van der Waals surface area contributed by atoms with Gasteiger partial charge in [0.1, 0.15) is 13.2 Å². The van der Waals surface area contributed by atoms with Gasteiger partial charge in [-0.3, -0.25) is 14.9 Å². The maximum atomic E-state index is 11.1. The molecule has 2 aliphatic rings. The molecule has 1 aliphatic heterocycles. The van der Waals surface area contributed by atoms with Crippen LogP contribution in [0.25, 0.3) is 0 Å². The van der Waals surface area contributed by atoms with Crippen LogP contribution in [0.2, 0.25) is 0 Å². The van der Waals surface area contributed by atoms with Crippen molar-refractivity contribution < 1.29 is 23.9 Å². The summed E-state index contributed by atoms with van der Waals surface area (Å²) in [5.41, 5.74) is -1.47. The largest absolute Gasteiger partial charge is 0.460 e. The molecule has 2 rings (SSSR count). The summed E-state index contributed by atoms with van der Waals surface area (Å²) >= 11 is 0. The van der Waals surface area contributed by atoms with Crippen LogP contribution in [0, 0.1) is 10.1 Å². The average Bonchev–Trinajstić information content (AvgIpc) is 2.39. The van der Waals surface area contributed by atoms with Crippen LogP contribution in [0.3, 0.4) is 0 Å². The molecule has 0 aromatic heterocycles. The molecule has 1 saturated heterocycles. The summed E-state index contributed by atoms with van der Waals surface area (Å²) in [4.78, 5) is 20.8.